The molecule has 0 aliphatic heterocycles. The zero-order valence-corrected chi connectivity index (χ0v) is 15.6. The van der Waals surface area contributed by atoms with Gasteiger partial charge in [0.05, 0.1) is 16.4 Å². The summed E-state index contributed by atoms with van der Waals surface area (Å²) >= 11 is 18.3. The van der Waals surface area contributed by atoms with E-state index >= 15 is 0 Å². The van der Waals surface area contributed by atoms with Crippen LogP contribution in [0.3, 0.4) is 0 Å². The van der Waals surface area contributed by atoms with Crippen molar-refractivity contribution in [2.75, 3.05) is 0 Å². The van der Waals surface area contributed by atoms with Gasteiger partial charge in [-0.15, -0.1) is 0 Å². The Hall–Kier alpha value is -2.50. The van der Waals surface area contributed by atoms with Crippen LogP contribution < -0.4 is 0 Å². The first-order chi connectivity index (χ1) is 12.4. The van der Waals surface area contributed by atoms with Gasteiger partial charge in [-0.25, -0.2) is 4.68 Å². The fourth-order valence-corrected chi connectivity index (χ4v) is 3.18. The predicted octanol–water partition coefficient (Wildman–Crippen LogP) is 6.26. The van der Waals surface area contributed by atoms with Crippen molar-refractivity contribution >= 4 is 40.7 Å². The maximum Gasteiger partial charge on any atom is 0.269 e. The molecule has 3 aromatic rings. The van der Waals surface area contributed by atoms with Gasteiger partial charge in [-0.05, 0) is 47.9 Å². The molecule has 26 heavy (non-hydrogen) atoms. The Morgan fingerprint density at radius 1 is 1.12 bits per heavy atom. The Labute approximate surface area is 163 Å². The first kappa shape index (κ1) is 18.3. The van der Waals surface area contributed by atoms with E-state index in [0.29, 0.717) is 32.0 Å². The standard InChI is InChI=1S/C17H10Cl3N5O/c1-9-15(17(26)22-24-21)23-25(14-7-6-12(19)8-13(14)20)16(9)10-2-4-11(18)5-3-10/h2-8H,1H3. The lowest BCUT2D eigenvalue weighted by molar-refractivity contribution is 0.0994. The maximum atomic E-state index is 12.1. The SMILES string of the molecule is Cc1c(C(=O)N=[N+]=[N-])nn(-c2ccc(Cl)cc2Cl)c1-c1ccc(Cl)cc1. The molecule has 0 unspecified atom stereocenters. The molecule has 0 saturated heterocycles. The van der Waals surface area contributed by atoms with Gasteiger partial charge in [-0.3, -0.25) is 4.79 Å². The summed E-state index contributed by atoms with van der Waals surface area (Å²) in [4.78, 5) is 14.7. The van der Waals surface area contributed by atoms with Crippen molar-refractivity contribution in [3.8, 4) is 16.9 Å². The second-order valence-corrected chi connectivity index (χ2v) is 6.61. The lowest BCUT2D eigenvalue weighted by Crippen LogP contribution is -2.02. The average molecular weight is 407 g/mol. The predicted molar refractivity (Wildman–Crippen MR) is 102 cm³/mol. The van der Waals surface area contributed by atoms with E-state index in [4.69, 9.17) is 40.3 Å². The van der Waals surface area contributed by atoms with Crippen LogP contribution in [0.2, 0.25) is 15.1 Å². The molecular weight excluding hydrogens is 397 g/mol. The smallest absolute Gasteiger partial charge is 0.269 e. The molecule has 9 heteroatoms. The van der Waals surface area contributed by atoms with E-state index < -0.39 is 5.91 Å². The Kier molecular flexibility index (Phi) is 5.20. The molecule has 0 bridgehead atoms. The number of azide groups is 1. The Morgan fingerprint density at radius 2 is 1.77 bits per heavy atom. The van der Waals surface area contributed by atoms with E-state index in [9.17, 15) is 4.79 Å². The molecular formula is C17H10Cl3N5O. The lowest BCUT2D eigenvalue weighted by Gasteiger charge is -2.11. The fraction of sp³-hybridized carbons (Fsp3) is 0.0588. The van der Waals surface area contributed by atoms with Gasteiger partial charge in [0, 0.05) is 26.1 Å². The molecule has 1 amide bonds. The van der Waals surface area contributed by atoms with Crippen LogP contribution in [0.15, 0.2) is 47.6 Å². The maximum absolute atomic E-state index is 12.1. The van der Waals surface area contributed by atoms with Gasteiger partial charge in [-0.2, -0.15) is 5.10 Å². The average Bonchev–Trinajstić information content (AvgIpc) is 2.93. The summed E-state index contributed by atoms with van der Waals surface area (Å²) in [6.07, 6.45) is 0. The van der Waals surface area contributed by atoms with E-state index in [1.54, 1.807) is 49.4 Å². The van der Waals surface area contributed by atoms with Crippen LogP contribution in [-0.2, 0) is 0 Å². The number of amides is 1. The first-order valence-corrected chi connectivity index (χ1v) is 8.46. The number of carbonyl (C=O) groups excluding carboxylic acids is 1. The number of rotatable bonds is 3. The quantitative estimate of drug-likeness (QED) is 0.292. The van der Waals surface area contributed by atoms with Gasteiger partial charge in [0.25, 0.3) is 5.91 Å². The van der Waals surface area contributed by atoms with Gasteiger partial charge in [0.2, 0.25) is 0 Å². The molecule has 0 spiro atoms. The molecule has 1 aromatic heterocycles. The zero-order valence-electron chi connectivity index (χ0n) is 13.3. The highest BCUT2D eigenvalue weighted by atomic mass is 35.5. The van der Waals surface area contributed by atoms with Crippen LogP contribution in [0.25, 0.3) is 27.4 Å². The summed E-state index contributed by atoms with van der Waals surface area (Å²) in [6, 6.07) is 12.0. The third-order valence-corrected chi connectivity index (χ3v) is 4.51. The molecule has 3 rings (SSSR count). The number of nitrogens with zero attached hydrogens (tertiary/aromatic N) is 5. The van der Waals surface area contributed by atoms with Crippen molar-refractivity contribution < 1.29 is 4.79 Å². The van der Waals surface area contributed by atoms with Crippen molar-refractivity contribution in [1.29, 1.82) is 0 Å². The fourth-order valence-electron chi connectivity index (χ4n) is 2.56. The summed E-state index contributed by atoms with van der Waals surface area (Å²) < 4.78 is 1.53. The number of carbonyl (C=O) groups is 1. The van der Waals surface area contributed by atoms with E-state index in [2.05, 4.69) is 15.1 Å². The number of benzene rings is 2. The summed E-state index contributed by atoms with van der Waals surface area (Å²) in [7, 11) is 0. The molecule has 0 fully saturated rings. The van der Waals surface area contributed by atoms with E-state index in [1.165, 1.54) is 4.68 Å². The minimum Gasteiger partial charge on any atom is -0.285 e. The minimum atomic E-state index is -0.774. The highest BCUT2D eigenvalue weighted by Gasteiger charge is 2.22. The van der Waals surface area contributed by atoms with Crippen LogP contribution in [0, 0.1) is 6.92 Å². The second-order valence-electron chi connectivity index (χ2n) is 5.33. The van der Waals surface area contributed by atoms with Crippen molar-refractivity contribution in [3.05, 3.63) is 79.2 Å². The Bertz CT molecular complexity index is 1050. The Balaban J connectivity index is 2.31. The lowest BCUT2D eigenvalue weighted by atomic mass is 10.1. The molecule has 130 valence electrons. The minimum absolute atomic E-state index is 0.0405. The monoisotopic (exact) mass is 405 g/mol. The number of halogens is 3. The summed E-state index contributed by atoms with van der Waals surface area (Å²) in [5.74, 6) is -0.774. The second kappa shape index (κ2) is 7.40. The van der Waals surface area contributed by atoms with Crippen LogP contribution >= 0.6 is 34.8 Å². The molecule has 0 atom stereocenters. The van der Waals surface area contributed by atoms with Gasteiger partial charge in [0.15, 0.2) is 0 Å². The highest BCUT2D eigenvalue weighted by Crippen LogP contribution is 2.33. The largest absolute Gasteiger partial charge is 0.285 e. The van der Waals surface area contributed by atoms with Crippen LogP contribution in [0.5, 0.6) is 0 Å². The van der Waals surface area contributed by atoms with Crippen LogP contribution in [0.1, 0.15) is 16.1 Å². The number of hydrogen-bond donors (Lipinski definition) is 0. The van der Waals surface area contributed by atoms with Crippen molar-refractivity contribution in [3.63, 3.8) is 0 Å². The third kappa shape index (κ3) is 3.41. The van der Waals surface area contributed by atoms with Gasteiger partial charge in [-0.1, -0.05) is 46.9 Å². The number of hydrogen-bond acceptors (Lipinski definition) is 2. The normalized spacial score (nSPS) is 10.5. The Morgan fingerprint density at radius 3 is 2.38 bits per heavy atom. The topological polar surface area (TPSA) is 83.7 Å². The molecule has 6 nitrogen and oxygen atoms in total. The molecule has 0 saturated carbocycles. The molecule has 2 aromatic carbocycles. The molecule has 0 radical (unpaired) electrons. The van der Waals surface area contributed by atoms with Crippen molar-refractivity contribution in [1.82, 2.24) is 9.78 Å². The molecule has 0 aliphatic carbocycles. The first-order valence-electron chi connectivity index (χ1n) is 7.32. The molecule has 0 N–H and O–H groups in total. The van der Waals surface area contributed by atoms with Gasteiger partial charge in [0.1, 0.15) is 5.69 Å². The van der Waals surface area contributed by atoms with Gasteiger partial charge >= 0.3 is 0 Å². The summed E-state index contributed by atoms with van der Waals surface area (Å²) in [5.41, 5.74) is 11.1. The van der Waals surface area contributed by atoms with Crippen LogP contribution in [-0.4, -0.2) is 15.7 Å². The molecule has 0 aliphatic rings. The van der Waals surface area contributed by atoms with E-state index in [0.717, 1.165) is 5.56 Å². The van der Waals surface area contributed by atoms with Crippen molar-refractivity contribution in [2.24, 2.45) is 5.11 Å². The summed E-state index contributed by atoms with van der Waals surface area (Å²) in [6.45, 7) is 1.72. The van der Waals surface area contributed by atoms with Gasteiger partial charge < -0.3 is 0 Å². The zero-order chi connectivity index (χ0) is 18.8. The summed E-state index contributed by atoms with van der Waals surface area (Å²) in [5, 5.41) is 8.88. The van der Waals surface area contributed by atoms with Crippen molar-refractivity contribution in [2.45, 2.75) is 6.92 Å². The highest BCUT2D eigenvalue weighted by molar-refractivity contribution is 6.35. The number of aromatic nitrogens is 2. The van der Waals surface area contributed by atoms with E-state index in [-0.39, 0.29) is 5.69 Å². The molecule has 1 heterocycles. The van der Waals surface area contributed by atoms with E-state index in [1.807, 2.05) is 0 Å². The van der Waals surface area contributed by atoms with Crippen LogP contribution in [0.4, 0.5) is 0 Å². The third-order valence-electron chi connectivity index (χ3n) is 3.72.